The van der Waals surface area contributed by atoms with Gasteiger partial charge in [-0.25, -0.2) is 4.98 Å². The predicted molar refractivity (Wildman–Crippen MR) is 52.2 cm³/mol. The van der Waals surface area contributed by atoms with Crippen LogP contribution >= 0.6 is 0 Å². The zero-order chi connectivity index (χ0) is 9.90. The minimum absolute atomic E-state index is 0.111. The van der Waals surface area contributed by atoms with E-state index in [1.807, 2.05) is 4.68 Å². The van der Waals surface area contributed by atoms with Crippen molar-refractivity contribution in [1.29, 1.82) is 0 Å². The maximum Gasteiger partial charge on any atom is 0.138 e. The van der Waals surface area contributed by atoms with Gasteiger partial charge in [-0.05, 0) is 18.9 Å². The van der Waals surface area contributed by atoms with Gasteiger partial charge in [-0.3, -0.25) is 4.68 Å². The molecule has 2 N–H and O–H groups in total. The van der Waals surface area contributed by atoms with Crippen molar-refractivity contribution in [3.63, 3.8) is 0 Å². The number of hydrogen-bond acceptors (Lipinski definition) is 3. The average molecular weight is 182 g/mol. The van der Waals surface area contributed by atoms with Crippen LogP contribution < -0.4 is 5.73 Å². The number of aryl methyl sites for hydroxylation is 1. The lowest BCUT2D eigenvalue weighted by Gasteiger charge is -2.21. The van der Waals surface area contributed by atoms with Gasteiger partial charge in [-0.1, -0.05) is 13.8 Å². The van der Waals surface area contributed by atoms with E-state index in [4.69, 9.17) is 5.73 Å². The standard InChI is InChI=1S/C9H18N4/c1-4-13-8(11-7-12-13)5-9(2,3)6-10/h7H,4-6,10H2,1-3H3. The maximum atomic E-state index is 5.66. The van der Waals surface area contributed by atoms with Gasteiger partial charge in [0.25, 0.3) is 0 Å². The Labute approximate surface area is 79.2 Å². The number of aromatic nitrogens is 3. The summed E-state index contributed by atoms with van der Waals surface area (Å²) in [7, 11) is 0. The molecule has 1 heterocycles. The van der Waals surface area contributed by atoms with Crippen LogP contribution in [-0.4, -0.2) is 21.3 Å². The van der Waals surface area contributed by atoms with Gasteiger partial charge >= 0.3 is 0 Å². The monoisotopic (exact) mass is 182 g/mol. The molecule has 4 heteroatoms. The first-order valence-corrected chi connectivity index (χ1v) is 4.66. The van der Waals surface area contributed by atoms with Crippen LogP contribution in [0.1, 0.15) is 26.6 Å². The summed E-state index contributed by atoms with van der Waals surface area (Å²) in [6.45, 7) is 7.89. The van der Waals surface area contributed by atoms with E-state index in [1.54, 1.807) is 6.33 Å². The quantitative estimate of drug-likeness (QED) is 0.750. The Bertz CT molecular complexity index is 264. The molecule has 74 valence electrons. The van der Waals surface area contributed by atoms with Gasteiger partial charge in [-0.2, -0.15) is 5.10 Å². The first-order chi connectivity index (χ1) is 6.09. The smallest absolute Gasteiger partial charge is 0.138 e. The molecule has 0 saturated heterocycles. The lowest BCUT2D eigenvalue weighted by Crippen LogP contribution is -2.27. The Kier molecular flexibility index (Phi) is 3.03. The molecule has 0 atom stereocenters. The van der Waals surface area contributed by atoms with Crippen LogP contribution in [0.5, 0.6) is 0 Å². The molecule has 4 nitrogen and oxygen atoms in total. The van der Waals surface area contributed by atoms with Crippen molar-refractivity contribution >= 4 is 0 Å². The summed E-state index contributed by atoms with van der Waals surface area (Å²) in [4.78, 5) is 4.22. The van der Waals surface area contributed by atoms with Crippen LogP contribution in [0.25, 0.3) is 0 Å². The average Bonchev–Trinajstić information content (AvgIpc) is 2.51. The van der Waals surface area contributed by atoms with Crippen LogP contribution in [0.2, 0.25) is 0 Å². The zero-order valence-electron chi connectivity index (χ0n) is 8.62. The Morgan fingerprint density at radius 3 is 2.77 bits per heavy atom. The molecule has 0 aliphatic heterocycles. The molecule has 0 unspecified atom stereocenters. The van der Waals surface area contributed by atoms with Crippen molar-refractivity contribution in [2.75, 3.05) is 6.54 Å². The molecule has 0 saturated carbocycles. The van der Waals surface area contributed by atoms with Gasteiger partial charge in [-0.15, -0.1) is 0 Å². The largest absolute Gasteiger partial charge is 0.330 e. The van der Waals surface area contributed by atoms with Crippen molar-refractivity contribution in [3.05, 3.63) is 12.2 Å². The summed E-state index contributed by atoms with van der Waals surface area (Å²) in [5, 5.41) is 4.12. The molecule has 0 bridgehead atoms. The van der Waals surface area contributed by atoms with Gasteiger partial charge in [0, 0.05) is 13.0 Å². The lowest BCUT2D eigenvalue weighted by atomic mass is 9.89. The first-order valence-electron chi connectivity index (χ1n) is 4.66. The fourth-order valence-corrected chi connectivity index (χ4v) is 1.19. The Morgan fingerprint density at radius 2 is 2.23 bits per heavy atom. The molecular weight excluding hydrogens is 164 g/mol. The third kappa shape index (κ3) is 2.52. The van der Waals surface area contributed by atoms with Crippen LogP contribution in [0.15, 0.2) is 6.33 Å². The van der Waals surface area contributed by atoms with Crippen molar-refractivity contribution < 1.29 is 0 Å². The Hall–Kier alpha value is -0.900. The molecule has 0 aliphatic carbocycles. The molecule has 1 rings (SSSR count). The van der Waals surface area contributed by atoms with E-state index in [-0.39, 0.29) is 5.41 Å². The van der Waals surface area contributed by atoms with Crippen LogP contribution in [0.3, 0.4) is 0 Å². The molecule has 0 spiro atoms. The Balaban J connectivity index is 2.73. The Morgan fingerprint density at radius 1 is 1.54 bits per heavy atom. The summed E-state index contributed by atoms with van der Waals surface area (Å²) in [5.74, 6) is 1.03. The molecular formula is C9H18N4. The second-order valence-corrected chi connectivity index (χ2v) is 4.04. The van der Waals surface area contributed by atoms with E-state index in [0.29, 0.717) is 6.54 Å². The predicted octanol–water partition coefficient (Wildman–Crippen LogP) is 0.825. The lowest BCUT2D eigenvalue weighted by molar-refractivity contribution is 0.358. The zero-order valence-corrected chi connectivity index (χ0v) is 8.62. The summed E-state index contributed by atoms with van der Waals surface area (Å²) >= 11 is 0. The van der Waals surface area contributed by atoms with E-state index in [0.717, 1.165) is 18.8 Å². The van der Waals surface area contributed by atoms with Crippen LogP contribution in [-0.2, 0) is 13.0 Å². The van der Waals surface area contributed by atoms with Gasteiger partial charge in [0.15, 0.2) is 0 Å². The maximum absolute atomic E-state index is 5.66. The van der Waals surface area contributed by atoms with E-state index in [1.165, 1.54) is 0 Å². The van der Waals surface area contributed by atoms with Crippen molar-refractivity contribution in [2.45, 2.75) is 33.7 Å². The molecule has 0 aliphatic rings. The highest BCUT2D eigenvalue weighted by molar-refractivity contribution is 4.90. The van der Waals surface area contributed by atoms with E-state index in [9.17, 15) is 0 Å². The van der Waals surface area contributed by atoms with Crippen molar-refractivity contribution in [2.24, 2.45) is 11.1 Å². The number of hydrogen-bond donors (Lipinski definition) is 1. The highest BCUT2D eigenvalue weighted by atomic mass is 15.3. The van der Waals surface area contributed by atoms with Crippen molar-refractivity contribution in [1.82, 2.24) is 14.8 Å². The molecule has 0 radical (unpaired) electrons. The minimum atomic E-state index is 0.111. The van der Waals surface area contributed by atoms with Crippen molar-refractivity contribution in [3.8, 4) is 0 Å². The summed E-state index contributed by atoms with van der Waals surface area (Å²) < 4.78 is 1.91. The second-order valence-electron chi connectivity index (χ2n) is 4.04. The highest BCUT2D eigenvalue weighted by Crippen LogP contribution is 2.18. The molecule has 13 heavy (non-hydrogen) atoms. The van der Waals surface area contributed by atoms with Crippen LogP contribution in [0, 0.1) is 5.41 Å². The molecule has 1 aromatic rings. The molecule has 0 fully saturated rings. The fraction of sp³-hybridized carbons (Fsp3) is 0.778. The summed E-state index contributed by atoms with van der Waals surface area (Å²) in [6.07, 6.45) is 2.49. The third-order valence-electron chi connectivity index (χ3n) is 2.18. The van der Waals surface area contributed by atoms with Gasteiger partial charge in [0.1, 0.15) is 12.2 Å². The highest BCUT2D eigenvalue weighted by Gasteiger charge is 2.19. The molecule has 0 aromatic carbocycles. The fourth-order valence-electron chi connectivity index (χ4n) is 1.19. The van der Waals surface area contributed by atoms with E-state index < -0.39 is 0 Å². The van der Waals surface area contributed by atoms with Gasteiger partial charge < -0.3 is 5.73 Å². The second kappa shape index (κ2) is 3.87. The van der Waals surface area contributed by atoms with Gasteiger partial charge in [0.2, 0.25) is 0 Å². The van der Waals surface area contributed by atoms with Gasteiger partial charge in [0.05, 0.1) is 0 Å². The SMILES string of the molecule is CCn1ncnc1CC(C)(C)CN. The van der Waals surface area contributed by atoms with Crippen LogP contribution in [0.4, 0.5) is 0 Å². The minimum Gasteiger partial charge on any atom is -0.330 e. The van der Waals surface area contributed by atoms with E-state index >= 15 is 0 Å². The number of nitrogens with two attached hydrogens (primary N) is 1. The number of nitrogens with zero attached hydrogens (tertiary/aromatic N) is 3. The summed E-state index contributed by atoms with van der Waals surface area (Å²) in [6, 6.07) is 0. The van der Waals surface area contributed by atoms with E-state index in [2.05, 4.69) is 30.9 Å². The number of rotatable bonds is 4. The molecule has 1 aromatic heterocycles. The normalized spacial score (nSPS) is 12.0. The first kappa shape index (κ1) is 10.2. The third-order valence-corrected chi connectivity index (χ3v) is 2.18. The molecule has 0 amide bonds. The topological polar surface area (TPSA) is 56.7 Å². The summed E-state index contributed by atoms with van der Waals surface area (Å²) in [5.41, 5.74) is 5.77.